The van der Waals surface area contributed by atoms with E-state index in [4.69, 9.17) is 14.2 Å². The maximum Gasteiger partial charge on any atom is 0.341 e. The number of fused-ring (bicyclic) bond motifs is 3. The van der Waals surface area contributed by atoms with Gasteiger partial charge in [-0.05, 0) is 60.0 Å². The molecule has 226 valence electrons. The first-order chi connectivity index (χ1) is 22.0. The molecule has 1 unspecified atom stereocenters. The second-order valence-electron chi connectivity index (χ2n) is 11.3. The first-order valence-corrected chi connectivity index (χ1v) is 15.1. The van der Waals surface area contributed by atoms with E-state index in [2.05, 4.69) is 70.5 Å². The summed E-state index contributed by atoms with van der Waals surface area (Å²) in [5.74, 6) is 0.769. The highest BCUT2D eigenvalue weighted by molar-refractivity contribution is 6.01. The second kappa shape index (κ2) is 11.6. The van der Waals surface area contributed by atoms with Crippen molar-refractivity contribution in [2.24, 2.45) is 0 Å². The van der Waals surface area contributed by atoms with Crippen molar-refractivity contribution in [3.8, 4) is 17.2 Å². The first-order valence-electron chi connectivity index (χ1n) is 15.1. The number of carbonyl (C=O) groups is 1. The van der Waals surface area contributed by atoms with Crippen LogP contribution >= 0.6 is 0 Å². The molecule has 1 fully saturated rings. The van der Waals surface area contributed by atoms with Gasteiger partial charge in [0.2, 0.25) is 0 Å². The molecule has 0 spiro atoms. The van der Waals surface area contributed by atoms with Crippen molar-refractivity contribution in [2.75, 3.05) is 50.2 Å². The molecule has 2 aliphatic rings. The Labute approximate surface area is 262 Å². The van der Waals surface area contributed by atoms with Gasteiger partial charge in [-0.2, -0.15) is 0 Å². The van der Waals surface area contributed by atoms with E-state index in [0.717, 1.165) is 54.0 Å². The number of phenolic OH excluding ortho intramolecular Hbond substituents is 1. The fourth-order valence-electron chi connectivity index (χ4n) is 6.37. The third kappa shape index (κ3) is 5.10. The maximum atomic E-state index is 12.2. The van der Waals surface area contributed by atoms with Crippen molar-refractivity contribution in [1.82, 2.24) is 0 Å². The number of benzene rings is 5. The molecule has 0 bridgehead atoms. The molecule has 0 saturated carbocycles. The molecule has 7 rings (SSSR count). The summed E-state index contributed by atoms with van der Waals surface area (Å²) in [7, 11) is 2.99. The van der Waals surface area contributed by atoms with E-state index in [1.807, 2.05) is 42.5 Å². The number of phenols is 1. The van der Waals surface area contributed by atoms with Crippen LogP contribution in [-0.4, -0.2) is 51.5 Å². The van der Waals surface area contributed by atoms with Crippen molar-refractivity contribution >= 4 is 34.2 Å². The third-order valence-corrected chi connectivity index (χ3v) is 8.86. The Morgan fingerprint density at radius 2 is 1.40 bits per heavy atom. The molecule has 0 aliphatic carbocycles. The van der Waals surface area contributed by atoms with Gasteiger partial charge in [0, 0.05) is 59.6 Å². The molecular weight excluding hydrogens is 564 g/mol. The smallest absolute Gasteiger partial charge is 0.341 e. The summed E-state index contributed by atoms with van der Waals surface area (Å²) in [6, 6.07) is 34.2. The summed E-state index contributed by atoms with van der Waals surface area (Å²) in [5, 5.41) is 12.2. The molecule has 5 aromatic rings. The van der Waals surface area contributed by atoms with Gasteiger partial charge in [0.25, 0.3) is 0 Å². The van der Waals surface area contributed by atoms with Crippen molar-refractivity contribution in [1.29, 1.82) is 0 Å². The molecule has 1 saturated heterocycles. The van der Waals surface area contributed by atoms with Gasteiger partial charge >= 0.3 is 5.97 Å². The van der Waals surface area contributed by atoms with Crippen LogP contribution in [0.15, 0.2) is 109 Å². The van der Waals surface area contributed by atoms with Crippen LogP contribution in [0.5, 0.6) is 17.2 Å². The molecule has 1 atom stereocenters. The van der Waals surface area contributed by atoms with Gasteiger partial charge in [0.1, 0.15) is 22.8 Å². The predicted molar refractivity (Wildman–Crippen MR) is 178 cm³/mol. The number of esters is 1. The average molecular weight is 599 g/mol. The lowest BCUT2D eigenvalue weighted by Gasteiger charge is -2.38. The Balaban J connectivity index is 1.19. The standard InChI is InChI=1S/C38H34N2O5/c1-43-32-16-14-31(15-17-32)40-22-20-39(21-23-40)30-12-10-29(11-13-30)38(28-6-4-3-5-7-28)19-18-26-8-9-27-24-34(37(42)44-2)35(41)25-33(27)36(26)45-38/h3-19,24-25,41H,20-23H2,1-2H3. The van der Waals surface area contributed by atoms with Crippen LogP contribution in [0.1, 0.15) is 27.0 Å². The van der Waals surface area contributed by atoms with E-state index in [-0.39, 0.29) is 11.3 Å². The fourth-order valence-corrected chi connectivity index (χ4v) is 6.37. The number of anilines is 2. The van der Waals surface area contributed by atoms with E-state index in [9.17, 15) is 9.90 Å². The van der Waals surface area contributed by atoms with Crippen molar-refractivity contribution in [3.63, 3.8) is 0 Å². The Kier molecular flexibility index (Phi) is 7.29. The molecule has 2 aliphatic heterocycles. The Bertz CT molecular complexity index is 1880. The number of aromatic hydroxyl groups is 1. The highest BCUT2D eigenvalue weighted by Gasteiger charge is 2.38. The van der Waals surface area contributed by atoms with E-state index < -0.39 is 11.6 Å². The van der Waals surface area contributed by atoms with Gasteiger partial charge in [0.15, 0.2) is 5.60 Å². The quantitative estimate of drug-likeness (QED) is 0.211. The zero-order valence-electron chi connectivity index (χ0n) is 25.3. The molecule has 2 heterocycles. The molecule has 7 heteroatoms. The van der Waals surface area contributed by atoms with Crippen LogP contribution in [0.4, 0.5) is 11.4 Å². The highest BCUT2D eigenvalue weighted by atomic mass is 16.5. The number of piperazine rings is 1. The van der Waals surface area contributed by atoms with Gasteiger partial charge in [0.05, 0.1) is 14.2 Å². The van der Waals surface area contributed by atoms with Crippen molar-refractivity contribution in [2.45, 2.75) is 5.60 Å². The Morgan fingerprint density at radius 3 is 2.02 bits per heavy atom. The molecule has 1 N–H and O–H groups in total. The minimum Gasteiger partial charge on any atom is -0.507 e. The van der Waals surface area contributed by atoms with Gasteiger partial charge in [-0.3, -0.25) is 0 Å². The molecule has 0 radical (unpaired) electrons. The van der Waals surface area contributed by atoms with Gasteiger partial charge in [-0.15, -0.1) is 0 Å². The lowest BCUT2D eigenvalue weighted by atomic mass is 9.83. The van der Waals surface area contributed by atoms with Crippen LogP contribution in [0.2, 0.25) is 0 Å². The van der Waals surface area contributed by atoms with Crippen LogP contribution in [0, 0.1) is 0 Å². The Morgan fingerprint density at radius 1 is 0.778 bits per heavy atom. The summed E-state index contributed by atoms with van der Waals surface area (Å²) >= 11 is 0. The summed E-state index contributed by atoms with van der Waals surface area (Å²) < 4.78 is 17.2. The monoisotopic (exact) mass is 598 g/mol. The lowest BCUT2D eigenvalue weighted by Crippen LogP contribution is -2.46. The van der Waals surface area contributed by atoms with E-state index in [1.165, 1.54) is 18.5 Å². The van der Waals surface area contributed by atoms with Crippen molar-refractivity contribution < 1.29 is 24.1 Å². The molecule has 5 aromatic carbocycles. The number of rotatable bonds is 6. The van der Waals surface area contributed by atoms with Crippen LogP contribution in [-0.2, 0) is 10.3 Å². The van der Waals surface area contributed by atoms with Crippen molar-refractivity contribution in [3.05, 3.63) is 131 Å². The van der Waals surface area contributed by atoms with E-state index in [0.29, 0.717) is 11.1 Å². The SMILES string of the molecule is COC(=O)c1cc2ccc3c(c2cc1O)OC(c1ccccc1)(c1ccc(N2CCN(c4ccc(OC)cc4)CC2)cc1)C=C3. The first kappa shape index (κ1) is 28.3. The summed E-state index contributed by atoms with van der Waals surface area (Å²) in [4.78, 5) is 17.1. The number of nitrogens with zero attached hydrogens (tertiary/aromatic N) is 2. The average Bonchev–Trinajstić information content (AvgIpc) is 3.11. The number of methoxy groups -OCH3 is 2. The van der Waals surface area contributed by atoms with Gasteiger partial charge in [-0.1, -0.05) is 60.7 Å². The molecule has 0 amide bonds. The number of hydrogen-bond donors (Lipinski definition) is 1. The molecular formula is C38H34N2O5. The maximum absolute atomic E-state index is 12.2. The number of hydrogen-bond acceptors (Lipinski definition) is 7. The normalized spacial score (nSPS) is 17.5. The van der Waals surface area contributed by atoms with E-state index in [1.54, 1.807) is 19.2 Å². The summed E-state index contributed by atoms with van der Waals surface area (Å²) in [6.45, 7) is 3.70. The summed E-state index contributed by atoms with van der Waals surface area (Å²) in [5.41, 5.74) is 4.47. The fraction of sp³-hybridized carbons (Fsp3) is 0.184. The largest absolute Gasteiger partial charge is 0.507 e. The number of carbonyl (C=O) groups excluding carboxylic acids is 1. The Hall–Kier alpha value is -5.43. The zero-order chi connectivity index (χ0) is 31.0. The predicted octanol–water partition coefficient (Wildman–Crippen LogP) is 7.02. The zero-order valence-corrected chi connectivity index (χ0v) is 25.3. The minimum atomic E-state index is -0.898. The molecule has 45 heavy (non-hydrogen) atoms. The second-order valence-corrected chi connectivity index (χ2v) is 11.3. The third-order valence-electron chi connectivity index (χ3n) is 8.86. The van der Waals surface area contributed by atoms with E-state index >= 15 is 0 Å². The van der Waals surface area contributed by atoms with Crippen LogP contribution in [0.3, 0.4) is 0 Å². The topological polar surface area (TPSA) is 71.5 Å². The van der Waals surface area contributed by atoms with Gasteiger partial charge in [-0.25, -0.2) is 4.79 Å². The molecule has 0 aromatic heterocycles. The van der Waals surface area contributed by atoms with Gasteiger partial charge < -0.3 is 29.1 Å². The van der Waals surface area contributed by atoms with Crippen LogP contribution < -0.4 is 19.3 Å². The number of ether oxygens (including phenoxy) is 3. The minimum absolute atomic E-state index is 0.117. The van der Waals surface area contributed by atoms with Crippen LogP contribution in [0.25, 0.3) is 16.8 Å². The lowest BCUT2D eigenvalue weighted by molar-refractivity contribution is 0.0597. The summed E-state index contributed by atoms with van der Waals surface area (Å²) in [6.07, 6.45) is 4.17. The highest BCUT2D eigenvalue weighted by Crippen LogP contribution is 2.46. The molecule has 7 nitrogen and oxygen atoms in total.